The van der Waals surface area contributed by atoms with E-state index in [1.165, 1.54) is 334 Å². The molecule has 92 heavy (non-hydrogen) atoms. The Bertz CT molecular complexity index is 1690. The predicted octanol–water partition coefficient (Wildman–Crippen LogP) is 26.7. The Labute approximate surface area is 573 Å². The molecule has 0 fully saturated rings. The third-order valence-corrected chi connectivity index (χ3v) is 19.3. The van der Waals surface area contributed by atoms with Crippen LogP contribution in [0.15, 0.2) is 48.6 Å². The van der Waals surface area contributed by atoms with Crippen molar-refractivity contribution in [1.82, 2.24) is 0 Å². The minimum atomic E-state index is -4.39. The number of carbonyl (C=O) groups is 2. The van der Waals surface area contributed by atoms with E-state index in [1.54, 1.807) is 0 Å². The van der Waals surface area contributed by atoms with Gasteiger partial charge in [-0.15, -0.1) is 0 Å². The third-order valence-electron chi connectivity index (χ3n) is 18.3. The van der Waals surface area contributed by atoms with Crippen LogP contribution in [0, 0.1) is 0 Å². The number of unbranched alkanes of at least 4 members (excludes halogenated alkanes) is 54. The Morgan fingerprint density at radius 3 is 0.859 bits per heavy atom. The van der Waals surface area contributed by atoms with Crippen LogP contribution in [0.25, 0.3) is 0 Å². The first-order valence-corrected chi connectivity index (χ1v) is 41.9. The van der Waals surface area contributed by atoms with E-state index in [0.29, 0.717) is 23.9 Å². The summed E-state index contributed by atoms with van der Waals surface area (Å²) in [5.41, 5.74) is 0. The lowest BCUT2D eigenvalue weighted by Crippen LogP contribution is -2.37. The number of nitrogens with zero attached hydrogens (tertiary/aromatic N) is 1. The normalized spacial score (nSPS) is 13.2. The molecular formula is C82H157NO8P+. The number of likely N-dealkylation sites (N-methyl/N-ethyl adjacent to an activating group) is 1. The molecule has 0 aliphatic rings. The monoisotopic (exact) mass is 1320 g/mol. The number of phosphoric acid groups is 1. The quantitative estimate of drug-likeness (QED) is 0.0211. The molecule has 0 heterocycles. The lowest BCUT2D eigenvalue weighted by Gasteiger charge is -2.24. The number of hydrogen-bond donors (Lipinski definition) is 1. The van der Waals surface area contributed by atoms with Crippen molar-refractivity contribution in [3.63, 3.8) is 0 Å². The molecule has 10 heteroatoms. The van der Waals surface area contributed by atoms with Crippen molar-refractivity contribution >= 4 is 19.8 Å². The standard InChI is InChI=1S/C82H156NO8P/c1-6-8-10-12-14-16-18-20-22-24-26-28-30-32-34-36-37-38-39-40-41-42-43-44-45-47-49-51-53-55-57-59-61-63-65-67-69-71-73-75-82(85)91-80(79-90-92(86,87)89-77-76-83(3,4)5)78-88-81(84)74-72-70-68-66-64-62-60-58-56-54-52-50-48-46-35-33-31-29-27-25-23-21-19-17-15-13-11-9-7-2/h18-21,24-27,80H,6-17,22-23,28-79H2,1-5H3/p+1/b20-18-,21-19-,26-24-,27-25-. The molecular weight excluding hydrogens is 1160 g/mol. The highest BCUT2D eigenvalue weighted by Gasteiger charge is 2.27. The maximum absolute atomic E-state index is 12.9. The average molecular weight is 1320 g/mol. The van der Waals surface area contributed by atoms with Crippen molar-refractivity contribution in [2.24, 2.45) is 0 Å². The van der Waals surface area contributed by atoms with Gasteiger partial charge in [0.1, 0.15) is 19.8 Å². The number of allylic oxidation sites excluding steroid dienone is 8. The van der Waals surface area contributed by atoms with E-state index in [-0.39, 0.29) is 25.6 Å². The zero-order chi connectivity index (χ0) is 66.9. The molecule has 0 aromatic carbocycles. The molecule has 0 amide bonds. The molecule has 0 radical (unpaired) electrons. The van der Waals surface area contributed by atoms with Gasteiger partial charge in [0.2, 0.25) is 0 Å². The summed E-state index contributed by atoms with van der Waals surface area (Å²) in [6, 6.07) is 0. The van der Waals surface area contributed by atoms with Crippen LogP contribution < -0.4 is 0 Å². The molecule has 9 nitrogen and oxygen atoms in total. The van der Waals surface area contributed by atoms with Gasteiger partial charge in [-0.05, 0) is 77.0 Å². The van der Waals surface area contributed by atoms with E-state index >= 15 is 0 Å². The second kappa shape index (κ2) is 73.2. The lowest BCUT2D eigenvalue weighted by molar-refractivity contribution is -0.870. The summed E-state index contributed by atoms with van der Waals surface area (Å²) in [7, 11) is 1.50. The molecule has 2 atom stereocenters. The van der Waals surface area contributed by atoms with Crippen molar-refractivity contribution in [2.75, 3.05) is 47.5 Å². The molecule has 0 spiro atoms. The highest BCUT2D eigenvalue weighted by atomic mass is 31.2. The SMILES string of the molecule is CCCCCCC/C=C\C/C=C\CCCCCCCCCCCCCCCCCCCCCCCCCCCCCC(=O)OC(COC(=O)CCCCCCCCCCCCCCCCCCC/C=C\C/C=C\CCCCCCC)COP(=O)(O)OCC[N+](C)(C)C. The van der Waals surface area contributed by atoms with Crippen LogP contribution >= 0.6 is 7.82 Å². The molecule has 0 aliphatic carbocycles. The molecule has 2 unspecified atom stereocenters. The van der Waals surface area contributed by atoms with Gasteiger partial charge in [0.25, 0.3) is 0 Å². The van der Waals surface area contributed by atoms with Gasteiger partial charge in [-0.25, -0.2) is 4.57 Å². The van der Waals surface area contributed by atoms with Gasteiger partial charge in [-0.1, -0.05) is 371 Å². The second-order valence-corrected chi connectivity index (χ2v) is 30.3. The van der Waals surface area contributed by atoms with Crippen molar-refractivity contribution in [3.05, 3.63) is 48.6 Å². The summed E-state index contributed by atoms with van der Waals surface area (Å²) in [6.07, 6.45) is 96.9. The molecule has 0 aromatic rings. The van der Waals surface area contributed by atoms with Gasteiger partial charge in [-0.2, -0.15) is 0 Å². The van der Waals surface area contributed by atoms with Crippen molar-refractivity contribution in [3.8, 4) is 0 Å². The molecule has 0 aliphatic heterocycles. The fourth-order valence-corrected chi connectivity index (χ4v) is 12.9. The highest BCUT2D eigenvalue weighted by molar-refractivity contribution is 7.47. The minimum Gasteiger partial charge on any atom is -0.462 e. The van der Waals surface area contributed by atoms with E-state index in [4.69, 9.17) is 18.5 Å². The summed E-state index contributed by atoms with van der Waals surface area (Å²) in [5.74, 6) is -0.773. The average Bonchev–Trinajstić information content (AvgIpc) is 2.14. The van der Waals surface area contributed by atoms with Gasteiger partial charge < -0.3 is 18.9 Å². The van der Waals surface area contributed by atoms with Gasteiger partial charge >= 0.3 is 19.8 Å². The molecule has 0 aromatic heterocycles. The topological polar surface area (TPSA) is 108 Å². The zero-order valence-electron chi connectivity index (χ0n) is 62.1. The van der Waals surface area contributed by atoms with E-state index in [1.807, 2.05) is 21.1 Å². The Morgan fingerprint density at radius 2 is 0.587 bits per heavy atom. The van der Waals surface area contributed by atoms with E-state index in [0.717, 1.165) is 44.9 Å². The maximum atomic E-state index is 12.9. The summed E-state index contributed by atoms with van der Waals surface area (Å²) in [5, 5.41) is 0. The van der Waals surface area contributed by atoms with Gasteiger partial charge in [0, 0.05) is 12.8 Å². The summed E-state index contributed by atoms with van der Waals surface area (Å²) in [4.78, 5) is 36.0. The first-order valence-electron chi connectivity index (χ1n) is 40.4. The first-order chi connectivity index (χ1) is 45.0. The van der Waals surface area contributed by atoms with Crippen LogP contribution in [0.1, 0.15) is 412 Å². The van der Waals surface area contributed by atoms with Crippen LogP contribution in [0.5, 0.6) is 0 Å². The number of carbonyl (C=O) groups excluding carboxylic acids is 2. The largest absolute Gasteiger partial charge is 0.472 e. The summed E-state index contributed by atoms with van der Waals surface area (Å²) in [6.45, 7) is 4.49. The van der Waals surface area contributed by atoms with E-state index < -0.39 is 26.5 Å². The smallest absolute Gasteiger partial charge is 0.462 e. The molecule has 0 bridgehead atoms. The molecule has 0 saturated heterocycles. The van der Waals surface area contributed by atoms with Gasteiger partial charge in [0.15, 0.2) is 6.10 Å². The Kier molecular flexibility index (Phi) is 71.6. The van der Waals surface area contributed by atoms with Gasteiger partial charge in [0.05, 0.1) is 27.7 Å². The number of ether oxygens (including phenoxy) is 2. The van der Waals surface area contributed by atoms with Crippen molar-refractivity contribution in [1.29, 1.82) is 0 Å². The van der Waals surface area contributed by atoms with Crippen molar-refractivity contribution in [2.45, 2.75) is 418 Å². The van der Waals surface area contributed by atoms with E-state index in [2.05, 4.69) is 62.5 Å². The first kappa shape index (κ1) is 90.0. The number of hydrogen-bond acceptors (Lipinski definition) is 7. The summed E-state index contributed by atoms with van der Waals surface area (Å²) < 4.78 is 34.8. The fraction of sp³-hybridized carbons (Fsp3) is 0.878. The zero-order valence-corrected chi connectivity index (χ0v) is 63.0. The second-order valence-electron chi connectivity index (χ2n) is 28.8. The summed E-state index contributed by atoms with van der Waals surface area (Å²) >= 11 is 0. The van der Waals surface area contributed by atoms with Crippen LogP contribution in [0.3, 0.4) is 0 Å². The molecule has 0 rings (SSSR count). The third kappa shape index (κ3) is 77.0. The number of quaternary nitrogens is 1. The Hall–Kier alpha value is -2.03. The van der Waals surface area contributed by atoms with Crippen LogP contribution in [0.2, 0.25) is 0 Å². The maximum Gasteiger partial charge on any atom is 0.472 e. The number of phosphoric ester groups is 1. The molecule has 542 valence electrons. The number of rotatable bonds is 76. The highest BCUT2D eigenvalue weighted by Crippen LogP contribution is 2.43. The van der Waals surface area contributed by atoms with Crippen LogP contribution in [0.4, 0.5) is 0 Å². The fourth-order valence-electron chi connectivity index (χ4n) is 12.1. The molecule has 1 N–H and O–H groups in total. The van der Waals surface area contributed by atoms with E-state index in [9.17, 15) is 19.0 Å². The lowest BCUT2D eigenvalue weighted by atomic mass is 10.0. The Balaban J connectivity index is 3.89. The van der Waals surface area contributed by atoms with Crippen molar-refractivity contribution < 1.29 is 42.1 Å². The number of esters is 2. The van der Waals surface area contributed by atoms with Gasteiger partial charge in [-0.3, -0.25) is 18.6 Å². The predicted molar refractivity (Wildman–Crippen MR) is 400 cm³/mol. The Morgan fingerprint density at radius 1 is 0.337 bits per heavy atom. The van der Waals surface area contributed by atoms with Crippen LogP contribution in [-0.2, 0) is 32.7 Å². The molecule has 0 saturated carbocycles. The van der Waals surface area contributed by atoms with Crippen LogP contribution in [-0.4, -0.2) is 74.9 Å². The minimum absolute atomic E-state index is 0.0345.